The van der Waals surface area contributed by atoms with Crippen LogP contribution in [0.5, 0.6) is 0 Å². The van der Waals surface area contributed by atoms with E-state index >= 15 is 0 Å². The highest BCUT2D eigenvalue weighted by Crippen LogP contribution is 2.41. The summed E-state index contributed by atoms with van der Waals surface area (Å²) in [4.78, 5) is 44.9. The minimum atomic E-state index is -0.724. The molecule has 8 nitrogen and oxygen atoms in total. The molecule has 1 aliphatic carbocycles. The van der Waals surface area contributed by atoms with Crippen LogP contribution in [0.1, 0.15) is 53.3 Å². The maximum absolute atomic E-state index is 14.1. The highest BCUT2D eigenvalue weighted by molar-refractivity contribution is 6.05. The topological polar surface area (TPSA) is 85.0 Å². The van der Waals surface area contributed by atoms with Crippen molar-refractivity contribution in [3.63, 3.8) is 0 Å². The number of amides is 3. The molecule has 3 amide bonds. The van der Waals surface area contributed by atoms with Crippen LogP contribution in [0.25, 0.3) is 0 Å². The van der Waals surface area contributed by atoms with Crippen molar-refractivity contribution in [2.75, 3.05) is 44.7 Å². The maximum atomic E-state index is 14.1. The molecule has 2 heterocycles. The third-order valence-electron chi connectivity index (χ3n) is 7.29. The van der Waals surface area contributed by atoms with Gasteiger partial charge in [-0.05, 0) is 56.6 Å². The molecule has 5 rings (SSSR count). The summed E-state index contributed by atoms with van der Waals surface area (Å²) >= 11 is 0. The lowest BCUT2D eigenvalue weighted by molar-refractivity contribution is -0.129. The average Bonchev–Trinajstić information content (AvgIpc) is 3.67. The van der Waals surface area contributed by atoms with Gasteiger partial charge in [0, 0.05) is 49.0 Å². The first-order valence-corrected chi connectivity index (χ1v) is 12.5. The van der Waals surface area contributed by atoms with Crippen molar-refractivity contribution in [1.29, 1.82) is 0 Å². The lowest BCUT2D eigenvalue weighted by atomic mass is 10.0. The molecule has 0 radical (unpaired) electrons. The zero-order valence-electron chi connectivity index (χ0n) is 20.7. The molecule has 2 unspecified atom stereocenters. The number of rotatable bonds is 7. The van der Waals surface area contributed by atoms with E-state index in [0.717, 1.165) is 44.7 Å². The van der Waals surface area contributed by atoms with Crippen molar-refractivity contribution in [1.82, 2.24) is 20.4 Å². The fourth-order valence-electron chi connectivity index (χ4n) is 5.18. The minimum absolute atomic E-state index is 0.0653. The summed E-state index contributed by atoms with van der Waals surface area (Å²) in [7, 11) is 2.07. The van der Waals surface area contributed by atoms with Crippen molar-refractivity contribution in [2.45, 2.75) is 37.9 Å². The Morgan fingerprint density at radius 1 is 1.08 bits per heavy atom. The van der Waals surface area contributed by atoms with E-state index < -0.39 is 12.1 Å². The van der Waals surface area contributed by atoms with Crippen LogP contribution in [0.2, 0.25) is 0 Å². The Labute approximate surface area is 210 Å². The molecule has 9 heteroatoms. The standard InChI is InChI=1S/C27H32FN5O3/c1-17(22-15-18(28)7-10-23(22)32-13-11-31(2)12-14-32)30-24(34)16-29-26(35)25-20-5-3-4-6-21(20)27(36)33(25)19-8-9-19/h3-7,10,15,17,19,25H,8-9,11-14,16H2,1-2H3,(H,29,35)(H,30,34). The Morgan fingerprint density at radius 2 is 1.81 bits per heavy atom. The van der Waals surface area contributed by atoms with Crippen LogP contribution in [-0.4, -0.2) is 73.3 Å². The Bertz CT molecular complexity index is 1180. The number of halogens is 1. The summed E-state index contributed by atoms with van der Waals surface area (Å²) in [6, 6.07) is 10.7. The molecule has 2 aromatic rings. The third-order valence-corrected chi connectivity index (χ3v) is 7.29. The molecule has 0 bridgehead atoms. The first kappa shape index (κ1) is 24.2. The monoisotopic (exact) mass is 493 g/mol. The second kappa shape index (κ2) is 9.89. The number of piperazine rings is 1. The van der Waals surface area contributed by atoms with E-state index in [1.165, 1.54) is 12.1 Å². The summed E-state index contributed by atoms with van der Waals surface area (Å²) in [6.45, 7) is 5.06. The fourth-order valence-corrected chi connectivity index (χ4v) is 5.18. The molecule has 190 valence electrons. The van der Waals surface area contributed by atoms with Gasteiger partial charge in [-0.2, -0.15) is 0 Å². The van der Waals surface area contributed by atoms with E-state index in [1.54, 1.807) is 29.2 Å². The SMILES string of the molecule is CC(NC(=O)CNC(=O)C1c2ccccc2C(=O)N1C1CC1)c1cc(F)ccc1N1CCN(C)CC1. The molecule has 3 aliphatic rings. The molecular formula is C27H32FN5O3. The Hall–Kier alpha value is -3.46. The van der Waals surface area contributed by atoms with Crippen molar-refractivity contribution < 1.29 is 18.8 Å². The lowest BCUT2D eigenvalue weighted by Gasteiger charge is -2.36. The largest absolute Gasteiger partial charge is 0.369 e. The quantitative estimate of drug-likeness (QED) is 0.618. The Kier molecular flexibility index (Phi) is 6.66. The van der Waals surface area contributed by atoms with Gasteiger partial charge in [-0.1, -0.05) is 18.2 Å². The molecule has 36 heavy (non-hydrogen) atoms. The molecule has 2 N–H and O–H groups in total. The van der Waals surface area contributed by atoms with Gasteiger partial charge in [0.1, 0.15) is 11.9 Å². The molecule has 1 saturated carbocycles. The van der Waals surface area contributed by atoms with Crippen LogP contribution in [0.4, 0.5) is 10.1 Å². The van der Waals surface area contributed by atoms with Gasteiger partial charge in [0.25, 0.3) is 5.91 Å². The number of carbonyl (C=O) groups excluding carboxylic acids is 3. The number of hydrogen-bond acceptors (Lipinski definition) is 5. The molecule has 2 atom stereocenters. The van der Waals surface area contributed by atoms with Crippen molar-refractivity contribution >= 4 is 23.4 Å². The van der Waals surface area contributed by atoms with Gasteiger partial charge < -0.3 is 25.3 Å². The Balaban J connectivity index is 1.23. The van der Waals surface area contributed by atoms with Crippen LogP contribution >= 0.6 is 0 Å². The second-order valence-electron chi connectivity index (χ2n) is 9.93. The molecule has 2 aliphatic heterocycles. The highest BCUT2D eigenvalue weighted by Gasteiger charge is 2.47. The predicted molar refractivity (Wildman–Crippen MR) is 134 cm³/mol. The van der Waals surface area contributed by atoms with Crippen molar-refractivity contribution in [3.05, 3.63) is 65.0 Å². The van der Waals surface area contributed by atoms with Gasteiger partial charge in [-0.25, -0.2) is 4.39 Å². The minimum Gasteiger partial charge on any atom is -0.369 e. The van der Waals surface area contributed by atoms with Crippen LogP contribution in [0.3, 0.4) is 0 Å². The van der Waals surface area contributed by atoms with E-state index in [9.17, 15) is 18.8 Å². The van der Waals surface area contributed by atoms with Gasteiger partial charge in [0.2, 0.25) is 11.8 Å². The average molecular weight is 494 g/mol. The van der Waals surface area contributed by atoms with Gasteiger partial charge in [0.15, 0.2) is 0 Å². The summed E-state index contributed by atoms with van der Waals surface area (Å²) in [5.41, 5.74) is 2.83. The van der Waals surface area contributed by atoms with Crippen LogP contribution in [0.15, 0.2) is 42.5 Å². The van der Waals surface area contributed by atoms with E-state index in [2.05, 4.69) is 27.5 Å². The number of benzene rings is 2. The van der Waals surface area contributed by atoms with Gasteiger partial charge >= 0.3 is 0 Å². The number of carbonyl (C=O) groups is 3. The van der Waals surface area contributed by atoms with E-state index in [4.69, 9.17) is 0 Å². The molecule has 1 saturated heterocycles. The summed E-state index contributed by atoms with van der Waals surface area (Å²) in [5, 5.41) is 5.61. The smallest absolute Gasteiger partial charge is 0.255 e. The maximum Gasteiger partial charge on any atom is 0.255 e. The van der Waals surface area contributed by atoms with E-state index in [0.29, 0.717) is 16.7 Å². The third kappa shape index (κ3) is 4.80. The van der Waals surface area contributed by atoms with Crippen LogP contribution in [-0.2, 0) is 9.59 Å². The van der Waals surface area contributed by atoms with Crippen molar-refractivity contribution in [3.8, 4) is 0 Å². The second-order valence-corrected chi connectivity index (χ2v) is 9.93. The first-order chi connectivity index (χ1) is 17.3. The molecule has 0 aromatic heterocycles. The summed E-state index contributed by atoms with van der Waals surface area (Å²) in [6.07, 6.45) is 1.76. The molecule has 0 spiro atoms. The number of hydrogen-bond donors (Lipinski definition) is 2. The van der Waals surface area contributed by atoms with E-state index in [-0.39, 0.29) is 36.1 Å². The van der Waals surface area contributed by atoms with Gasteiger partial charge in [-0.3, -0.25) is 14.4 Å². The Morgan fingerprint density at radius 3 is 2.53 bits per heavy atom. The number of likely N-dealkylation sites (N-methyl/N-ethyl adjacent to an activating group) is 1. The molecular weight excluding hydrogens is 461 g/mol. The van der Waals surface area contributed by atoms with Gasteiger partial charge in [0.05, 0.1) is 12.6 Å². The van der Waals surface area contributed by atoms with E-state index in [1.807, 2.05) is 13.0 Å². The normalized spacial score (nSPS) is 20.8. The number of nitrogens with zero attached hydrogens (tertiary/aromatic N) is 3. The fraction of sp³-hybridized carbons (Fsp3) is 0.444. The lowest BCUT2D eigenvalue weighted by Crippen LogP contribution is -2.45. The predicted octanol–water partition coefficient (Wildman–Crippen LogP) is 2.23. The van der Waals surface area contributed by atoms with Gasteiger partial charge in [-0.15, -0.1) is 0 Å². The first-order valence-electron chi connectivity index (χ1n) is 12.5. The van der Waals surface area contributed by atoms with Crippen LogP contribution < -0.4 is 15.5 Å². The highest BCUT2D eigenvalue weighted by atomic mass is 19.1. The molecule has 2 fully saturated rings. The van der Waals surface area contributed by atoms with Crippen LogP contribution in [0, 0.1) is 5.82 Å². The molecule has 2 aromatic carbocycles. The summed E-state index contributed by atoms with van der Waals surface area (Å²) in [5.74, 6) is -1.23. The number of nitrogens with one attached hydrogen (secondary N) is 2. The number of anilines is 1. The summed E-state index contributed by atoms with van der Waals surface area (Å²) < 4.78 is 14.1. The zero-order chi connectivity index (χ0) is 25.4. The van der Waals surface area contributed by atoms with Crippen molar-refractivity contribution in [2.24, 2.45) is 0 Å². The number of fused-ring (bicyclic) bond motifs is 1. The zero-order valence-corrected chi connectivity index (χ0v) is 20.7.